The zero-order chi connectivity index (χ0) is 11.7. The molecule has 0 saturated carbocycles. The van der Waals surface area contributed by atoms with Crippen LogP contribution in [0.5, 0.6) is 11.5 Å². The van der Waals surface area contributed by atoms with Gasteiger partial charge in [0.25, 0.3) is 0 Å². The number of rotatable bonds is 2. The quantitative estimate of drug-likeness (QED) is 0.850. The van der Waals surface area contributed by atoms with Gasteiger partial charge in [-0.3, -0.25) is 0 Å². The smallest absolute Gasteiger partial charge is 0.182 e. The molecule has 2 N–H and O–H groups in total. The Kier molecular flexibility index (Phi) is 3.44. The number of hydrogen-bond acceptors (Lipinski definition) is 4. The molecule has 4 nitrogen and oxygen atoms in total. The van der Waals surface area contributed by atoms with Crippen molar-refractivity contribution in [3.8, 4) is 11.5 Å². The molecule has 0 amide bonds. The zero-order valence-electron chi connectivity index (χ0n) is 8.19. The third-order valence-corrected chi connectivity index (χ3v) is 2.92. The number of aliphatic hydroxyl groups is 2. The molecule has 0 spiro atoms. The van der Waals surface area contributed by atoms with Gasteiger partial charge in [0, 0.05) is 0 Å². The van der Waals surface area contributed by atoms with Gasteiger partial charge in [-0.25, -0.2) is 0 Å². The molecule has 1 heterocycles. The van der Waals surface area contributed by atoms with Crippen LogP contribution in [0.2, 0.25) is 10.0 Å². The lowest BCUT2D eigenvalue weighted by molar-refractivity contribution is -0.0348. The van der Waals surface area contributed by atoms with Crippen molar-refractivity contribution in [2.24, 2.45) is 0 Å². The van der Waals surface area contributed by atoms with Gasteiger partial charge >= 0.3 is 0 Å². The summed E-state index contributed by atoms with van der Waals surface area (Å²) in [7, 11) is 0. The van der Waals surface area contributed by atoms with Crippen LogP contribution in [0.3, 0.4) is 0 Å². The molecule has 0 saturated heterocycles. The average Bonchev–Trinajstić information content (AvgIpc) is 2.32. The minimum Gasteiger partial charge on any atom is -0.478 e. The first kappa shape index (κ1) is 11.8. The molecular weight excluding hydrogens is 255 g/mol. The van der Waals surface area contributed by atoms with Crippen LogP contribution in [-0.4, -0.2) is 35.6 Å². The summed E-state index contributed by atoms with van der Waals surface area (Å²) in [6, 6.07) is 3.17. The Morgan fingerprint density at radius 1 is 0.938 bits per heavy atom. The van der Waals surface area contributed by atoms with Crippen molar-refractivity contribution in [2.45, 2.75) is 12.2 Å². The number of hydrogen-bond donors (Lipinski definition) is 2. The van der Waals surface area contributed by atoms with E-state index in [1.165, 1.54) is 0 Å². The van der Waals surface area contributed by atoms with Gasteiger partial charge in [-0.05, 0) is 12.1 Å². The molecule has 1 aromatic rings. The minimum atomic E-state index is -0.645. The Morgan fingerprint density at radius 3 is 1.62 bits per heavy atom. The second kappa shape index (κ2) is 4.67. The van der Waals surface area contributed by atoms with E-state index in [0.717, 1.165) is 0 Å². The van der Waals surface area contributed by atoms with Crippen molar-refractivity contribution in [2.75, 3.05) is 13.2 Å². The van der Waals surface area contributed by atoms with E-state index >= 15 is 0 Å². The van der Waals surface area contributed by atoms with Crippen LogP contribution in [0.1, 0.15) is 0 Å². The van der Waals surface area contributed by atoms with E-state index in [1.54, 1.807) is 12.1 Å². The van der Waals surface area contributed by atoms with Crippen molar-refractivity contribution in [1.82, 2.24) is 0 Å². The molecule has 0 fully saturated rings. The topological polar surface area (TPSA) is 58.9 Å². The Morgan fingerprint density at radius 2 is 1.31 bits per heavy atom. The van der Waals surface area contributed by atoms with Crippen molar-refractivity contribution < 1.29 is 19.7 Å². The molecule has 0 radical (unpaired) electrons. The lowest BCUT2D eigenvalue weighted by Crippen LogP contribution is -2.44. The van der Waals surface area contributed by atoms with Gasteiger partial charge in [0.2, 0.25) is 0 Å². The van der Waals surface area contributed by atoms with E-state index in [-0.39, 0.29) is 13.2 Å². The largest absolute Gasteiger partial charge is 0.478 e. The third-order valence-electron chi connectivity index (χ3n) is 2.33. The third kappa shape index (κ3) is 1.94. The second-order valence-electron chi connectivity index (χ2n) is 3.37. The molecule has 2 rings (SSSR count). The molecule has 0 aliphatic carbocycles. The van der Waals surface area contributed by atoms with Crippen molar-refractivity contribution >= 4 is 23.2 Å². The van der Waals surface area contributed by atoms with Crippen LogP contribution in [0.4, 0.5) is 0 Å². The fourth-order valence-electron chi connectivity index (χ4n) is 1.50. The number of halogens is 2. The number of ether oxygens (including phenoxy) is 2. The predicted octanol–water partition coefficient (Wildman–Crippen LogP) is 1.49. The Balaban J connectivity index is 2.41. The lowest BCUT2D eigenvalue weighted by Gasteiger charge is -2.32. The maximum Gasteiger partial charge on any atom is 0.182 e. The van der Waals surface area contributed by atoms with Gasteiger partial charge in [0.05, 0.1) is 23.3 Å². The molecule has 1 aromatic carbocycles. The summed E-state index contributed by atoms with van der Waals surface area (Å²) in [5.74, 6) is 0.607. The monoisotopic (exact) mass is 264 g/mol. The summed E-state index contributed by atoms with van der Waals surface area (Å²) < 4.78 is 10.9. The Bertz CT molecular complexity index is 360. The van der Waals surface area contributed by atoms with Crippen LogP contribution in [-0.2, 0) is 0 Å². The highest BCUT2D eigenvalue weighted by Crippen LogP contribution is 2.44. The molecule has 16 heavy (non-hydrogen) atoms. The van der Waals surface area contributed by atoms with Crippen LogP contribution in [0, 0.1) is 0 Å². The first-order valence-corrected chi connectivity index (χ1v) is 5.46. The molecule has 88 valence electrons. The highest BCUT2D eigenvalue weighted by Gasteiger charge is 2.33. The molecule has 0 bridgehead atoms. The standard InChI is InChI=1S/C10H10Cl2O4/c11-5-1-2-6(12)10-9(5)15-7(3-13)8(4-14)16-10/h1-2,7-8,13-14H,3-4H2/t7-,8-/m0/s1. The molecular formula is C10H10Cl2O4. The molecule has 2 atom stereocenters. The highest BCUT2D eigenvalue weighted by atomic mass is 35.5. The van der Waals surface area contributed by atoms with Crippen molar-refractivity contribution in [1.29, 1.82) is 0 Å². The highest BCUT2D eigenvalue weighted by molar-refractivity contribution is 6.35. The van der Waals surface area contributed by atoms with Crippen LogP contribution in [0.15, 0.2) is 12.1 Å². The van der Waals surface area contributed by atoms with Crippen LogP contribution in [0.25, 0.3) is 0 Å². The average molecular weight is 265 g/mol. The van der Waals surface area contributed by atoms with Crippen LogP contribution >= 0.6 is 23.2 Å². The molecule has 1 aliphatic rings. The van der Waals surface area contributed by atoms with Gasteiger partial charge in [-0.2, -0.15) is 0 Å². The van der Waals surface area contributed by atoms with E-state index in [2.05, 4.69) is 0 Å². The summed E-state index contributed by atoms with van der Waals surface area (Å²) >= 11 is 11.8. The first-order valence-electron chi connectivity index (χ1n) is 4.70. The van der Waals surface area contributed by atoms with E-state index in [4.69, 9.17) is 42.9 Å². The Labute approximate surface area is 102 Å². The predicted molar refractivity (Wildman–Crippen MR) is 59.5 cm³/mol. The van der Waals surface area contributed by atoms with E-state index in [0.29, 0.717) is 21.5 Å². The molecule has 0 aromatic heterocycles. The summed E-state index contributed by atoms with van der Waals surface area (Å²) in [4.78, 5) is 0. The lowest BCUT2D eigenvalue weighted by atomic mass is 10.2. The Hall–Kier alpha value is -0.680. The van der Waals surface area contributed by atoms with Crippen molar-refractivity contribution in [3.05, 3.63) is 22.2 Å². The number of fused-ring (bicyclic) bond motifs is 1. The second-order valence-corrected chi connectivity index (χ2v) is 4.18. The summed E-state index contributed by atoms with van der Waals surface area (Å²) in [5.41, 5.74) is 0. The van der Waals surface area contributed by atoms with Crippen molar-refractivity contribution in [3.63, 3.8) is 0 Å². The van der Waals surface area contributed by atoms with E-state index in [1.807, 2.05) is 0 Å². The summed E-state index contributed by atoms with van der Waals surface area (Å²) in [6.07, 6.45) is -1.29. The van der Waals surface area contributed by atoms with Gasteiger partial charge in [-0.15, -0.1) is 0 Å². The van der Waals surface area contributed by atoms with Gasteiger partial charge in [-0.1, -0.05) is 23.2 Å². The molecule has 0 unspecified atom stereocenters. The van der Waals surface area contributed by atoms with Gasteiger partial charge < -0.3 is 19.7 Å². The number of benzene rings is 1. The minimum absolute atomic E-state index is 0.270. The fraction of sp³-hybridized carbons (Fsp3) is 0.400. The molecule has 6 heteroatoms. The van der Waals surface area contributed by atoms with E-state index < -0.39 is 12.2 Å². The summed E-state index contributed by atoms with van der Waals surface area (Å²) in [6.45, 7) is -0.541. The maximum atomic E-state index is 9.09. The van der Waals surface area contributed by atoms with Gasteiger partial charge in [0.15, 0.2) is 23.7 Å². The number of aliphatic hydroxyl groups excluding tert-OH is 2. The van der Waals surface area contributed by atoms with Gasteiger partial charge in [0.1, 0.15) is 0 Å². The maximum absolute atomic E-state index is 9.09. The zero-order valence-corrected chi connectivity index (χ0v) is 9.70. The van der Waals surface area contributed by atoms with E-state index in [9.17, 15) is 0 Å². The first-order chi connectivity index (χ1) is 7.67. The summed E-state index contributed by atoms with van der Waals surface area (Å²) in [5, 5.41) is 18.9. The SMILES string of the molecule is OC[C@@H]1Oc2c(Cl)ccc(Cl)c2O[C@H]1CO. The molecule has 1 aliphatic heterocycles. The fourth-order valence-corrected chi connectivity index (χ4v) is 1.89. The normalized spacial score (nSPS) is 23.2. The van der Waals surface area contributed by atoms with Crippen LogP contribution < -0.4 is 9.47 Å².